The normalized spacial score (nSPS) is 19.3. The van der Waals surface area contributed by atoms with Crippen LogP contribution in [0.1, 0.15) is 37.6 Å². The lowest BCUT2D eigenvalue weighted by Gasteiger charge is -2.36. The molecule has 116 valence electrons. The maximum atomic E-state index is 12.3. The van der Waals surface area contributed by atoms with Crippen molar-refractivity contribution in [3.05, 3.63) is 35.9 Å². The van der Waals surface area contributed by atoms with Crippen molar-refractivity contribution in [3.8, 4) is 0 Å². The average Bonchev–Trinajstić information content (AvgIpc) is 2.53. The van der Waals surface area contributed by atoms with E-state index in [1.807, 2.05) is 17.8 Å². The van der Waals surface area contributed by atoms with E-state index >= 15 is 0 Å². The molecule has 3 nitrogen and oxygen atoms in total. The van der Waals surface area contributed by atoms with Crippen LogP contribution in [0.15, 0.2) is 30.3 Å². The molecule has 1 amide bonds. The standard InChI is InChI=1S/C17H26N2OS/c1-3-18(4-2)12-8-13-19-16(20)11-14-21-17(19)15-9-6-5-7-10-15/h5-7,9-10,17H,3-4,8,11-14H2,1-2H3. The highest BCUT2D eigenvalue weighted by molar-refractivity contribution is 7.99. The molecular formula is C17H26N2OS. The van der Waals surface area contributed by atoms with Crippen LogP contribution in [0.2, 0.25) is 0 Å². The van der Waals surface area contributed by atoms with Gasteiger partial charge in [-0.1, -0.05) is 44.2 Å². The molecule has 0 aromatic heterocycles. The Morgan fingerprint density at radius 2 is 1.95 bits per heavy atom. The minimum Gasteiger partial charge on any atom is -0.326 e. The number of nitrogens with zero attached hydrogens (tertiary/aromatic N) is 2. The van der Waals surface area contributed by atoms with E-state index in [-0.39, 0.29) is 5.37 Å². The van der Waals surface area contributed by atoms with Crippen molar-refractivity contribution >= 4 is 17.7 Å². The van der Waals surface area contributed by atoms with Crippen LogP contribution in [-0.4, -0.2) is 47.6 Å². The predicted molar refractivity (Wildman–Crippen MR) is 90.4 cm³/mol. The maximum Gasteiger partial charge on any atom is 0.224 e. The Hall–Kier alpha value is -1.00. The van der Waals surface area contributed by atoms with Gasteiger partial charge in [0.25, 0.3) is 0 Å². The topological polar surface area (TPSA) is 23.6 Å². The third-order valence-electron chi connectivity index (χ3n) is 4.05. The molecule has 1 fully saturated rings. The van der Waals surface area contributed by atoms with Gasteiger partial charge in [-0.05, 0) is 31.6 Å². The van der Waals surface area contributed by atoms with E-state index in [2.05, 4.69) is 47.9 Å². The van der Waals surface area contributed by atoms with Crippen molar-refractivity contribution in [2.75, 3.05) is 31.9 Å². The van der Waals surface area contributed by atoms with E-state index in [9.17, 15) is 4.79 Å². The van der Waals surface area contributed by atoms with Crippen molar-refractivity contribution in [3.63, 3.8) is 0 Å². The molecule has 1 unspecified atom stereocenters. The molecule has 1 aliphatic rings. The molecule has 21 heavy (non-hydrogen) atoms. The number of benzene rings is 1. The molecule has 0 spiro atoms. The summed E-state index contributed by atoms with van der Waals surface area (Å²) in [5.41, 5.74) is 1.25. The van der Waals surface area contributed by atoms with Crippen molar-refractivity contribution in [2.24, 2.45) is 0 Å². The van der Waals surface area contributed by atoms with Gasteiger partial charge in [0.15, 0.2) is 0 Å². The molecule has 2 rings (SSSR count). The number of carbonyl (C=O) groups is 1. The first-order valence-electron chi connectivity index (χ1n) is 7.94. The zero-order valence-corrected chi connectivity index (χ0v) is 13.9. The Bertz CT molecular complexity index is 434. The van der Waals surface area contributed by atoms with Gasteiger partial charge in [0, 0.05) is 18.7 Å². The van der Waals surface area contributed by atoms with Crippen molar-refractivity contribution in [1.82, 2.24) is 9.80 Å². The van der Waals surface area contributed by atoms with Gasteiger partial charge in [0.2, 0.25) is 5.91 Å². The molecule has 1 saturated heterocycles. The molecule has 4 heteroatoms. The highest BCUT2D eigenvalue weighted by Gasteiger charge is 2.29. The first-order chi connectivity index (χ1) is 10.3. The molecule has 1 aromatic carbocycles. The predicted octanol–water partition coefficient (Wildman–Crippen LogP) is 3.38. The fourth-order valence-corrected chi connectivity index (χ4v) is 4.03. The summed E-state index contributed by atoms with van der Waals surface area (Å²) in [6.07, 6.45) is 1.73. The fraction of sp³-hybridized carbons (Fsp3) is 0.588. The van der Waals surface area contributed by atoms with E-state index in [0.29, 0.717) is 12.3 Å². The van der Waals surface area contributed by atoms with Crippen LogP contribution in [0.4, 0.5) is 0 Å². The van der Waals surface area contributed by atoms with E-state index in [4.69, 9.17) is 0 Å². The summed E-state index contributed by atoms with van der Waals surface area (Å²) in [7, 11) is 0. The Balaban J connectivity index is 1.97. The summed E-state index contributed by atoms with van der Waals surface area (Å²) in [6, 6.07) is 10.4. The van der Waals surface area contributed by atoms with E-state index in [1.165, 1.54) is 5.56 Å². The van der Waals surface area contributed by atoms with Crippen LogP contribution >= 0.6 is 11.8 Å². The molecule has 1 heterocycles. The number of carbonyl (C=O) groups excluding carboxylic acids is 1. The molecule has 0 radical (unpaired) electrons. The van der Waals surface area contributed by atoms with Crippen LogP contribution in [0.25, 0.3) is 0 Å². The highest BCUT2D eigenvalue weighted by Crippen LogP contribution is 2.37. The van der Waals surface area contributed by atoms with Crippen LogP contribution in [-0.2, 0) is 4.79 Å². The molecule has 1 aliphatic heterocycles. The molecule has 1 atom stereocenters. The number of amides is 1. The highest BCUT2D eigenvalue weighted by atomic mass is 32.2. The quantitative estimate of drug-likeness (QED) is 0.771. The van der Waals surface area contributed by atoms with Crippen LogP contribution in [0, 0.1) is 0 Å². The number of rotatable bonds is 7. The molecule has 0 bridgehead atoms. The SMILES string of the molecule is CCN(CC)CCCN1C(=O)CCSC1c1ccccc1. The number of hydrogen-bond donors (Lipinski definition) is 0. The molecule has 1 aromatic rings. The summed E-state index contributed by atoms with van der Waals surface area (Å²) >= 11 is 1.89. The monoisotopic (exact) mass is 306 g/mol. The van der Waals surface area contributed by atoms with Crippen molar-refractivity contribution in [1.29, 1.82) is 0 Å². The third-order valence-corrected chi connectivity index (χ3v) is 5.33. The van der Waals surface area contributed by atoms with Crippen LogP contribution in [0.5, 0.6) is 0 Å². The Kier molecular flexibility index (Phi) is 6.58. The zero-order chi connectivity index (χ0) is 15.1. The van der Waals surface area contributed by atoms with E-state index < -0.39 is 0 Å². The van der Waals surface area contributed by atoms with Crippen LogP contribution in [0.3, 0.4) is 0 Å². The molecule has 0 N–H and O–H groups in total. The summed E-state index contributed by atoms with van der Waals surface area (Å²) in [5.74, 6) is 1.24. The molecule has 0 aliphatic carbocycles. The zero-order valence-electron chi connectivity index (χ0n) is 13.1. The van der Waals surface area contributed by atoms with Gasteiger partial charge >= 0.3 is 0 Å². The second-order valence-electron chi connectivity index (χ2n) is 5.35. The van der Waals surface area contributed by atoms with Gasteiger partial charge in [-0.2, -0.15) is 0 Å². The summed E-state index contributed by atoms with van der Waals surface area (Å²) in [6.45, 7) is 8.49. The first-order valence-corrected chi connectivity index (χ1v) is 8.99. The van der Waals surface area contributed by atoms with Gasteiger partial charge < -0.3 is 9.80 Å². The molecule has 0 saturated carbocycles. The van der Waals surface area contributed by atoms with Gasteiger partial charge in [0.1, 0.15) is 5.37 Å². The molecular weight excluding hydrogens is 280 g/mol. The van der Waals surface area contributed by atoms with Crippen LogP contribution < -0.4 is 0 Å². The van der Waals surface area contributed by atoms with Crippen molar-refractivity contribution < 1.29 is 4.79 Å². The Labute approximate surface area is 132 Å². The third kappa shape index (κ3) is 4.48. The average molecular weight is 306 g/mol. The summed E-state index contributed by atoms with van der Waals surface area (Å²) < 4.78 is 0. The lowest BCUT2D eigenvalue weighted by atomic mass is 10.2. The van der Waals surface area contributed by atoms with E-state index in [0.717, 1.165) is 38.4 Å². The number of thioether (sulfide) groups is 1. The largest absolute Gasteiger partial charge is 0.326 e. The van der Waals surface area contributed by atoms with Crippen molar-refractivity contribution in [2.45, 2.75) is 32.1 Å². The van der Waals surface area contributed by atoms with Gasteiger partial charge in [0.05, 0.1) is 0 Å². The first kappa shape index (κ1) is 16.4. The van der Waals surface area contributed by atoms with Gasteiger partial charge in [-0.3, -0.25) is 4.79 Å². The minimum atomic E-state index is 0.198. The van der Waals surface area contributed by atoms with Gasteiger partial charge in [-0.25, -0.2) is 0 Å². The van der Waals surface area contributed by atoms with Gasteiger partial charge in [-0.15, -0.1) is 11.8 Å². The maximum absolute atomic E-state index is 12.3. The number of hydrogen-bond acceptors (Lipinski definition) is 3. The summed E-state index contributed by atoms with van der Waals surface area (Å²) in [5, 5.41) is 0.198. The fourth-order valence-electron chi connectivity index (χ4n) is 2.76. The second kappa shape index (κ2) is 8.44. The second-order valence-corrected chi connectivity index (χ2v) is 6.54. The Morgan fingerprint density at radius 3 is 2.62 bits per heavy atom. The smallest absolute Gasteiger partial charge is 0.224 e. The lowest BCUT2D eigenvalue weighted by molar-refractivity contribution is -0.132. The lowest BCUT2D eigenvalue weighted by Crippen LogP contribution is -2.39. The van der Waals surface area contributed by atoms with E-state index in [1.54, 1.807) is 0 Å². The Morgan fingerprint density at radius 1 is 1.24 bits per heavy atom. The summed E-state index contributed by atoms with van der Waals surface area (Å²) in [4.78, 5) is 16.8. The minimum absolute atomic E-state index is 0.198.